The molecule has 0 aliphatic carbocycles. The molecule has 1 aliphatic rings. The molecule has 3 N–H and O–H groups in total. The third-order valence-corrected chi connectivity index (χ3v) is 3.38. The van der Waals surface area contributed by atoms with Crippen LogP contribution < -0.4 is 11.1 Å². The molecule has 4 heteroatoms. The van der Waals surface area contributed by atoms with Crippen LogP contribution in [0.4, 0.5) is 0 Å². The summed E-state index contributed by atoms with van der Waals surface area (Å²) in [7, 11) is 0. The first-order valence-electron chi connectivity index (χ1n) is 6.41. The molecular formula is C12H25N3O. The number of nitrogens with one attached hydrogen (secondary N) is 1. The Morgan fingerprint density at radius 2 is 2.25 bits per heavy atom. The quantitative estimate of drug-likeness (QED) is 0.697. The fourth-order valence-electron chi connectivity index (χ4n) is 2.48. The summed E-state index contributed by atoms with van der Waals surface area (Å²) in [4.78, 5) is 13.1. The van der Waals surface area contributed by atoms with E-state index in [-0.39, 0.29) is 5.91 Å². The summed E-state index contributed by atoms with van der Waals surface area (Å²) in [5.74, 6) is 0.439. The second kappa shape index (κ2) is 6.86. The van der Waals surface area contributed by atoms with Gasteiger partial charge in [-0.25, -0.2) is 0 Å². The maximum Gasteiger partial charge on any atom is 0.231 e. The minimum absolute atomic E-state index is 0.213. The number of carbonyl (C=O) groups excluding carboxylic acids is 1. The molecule has 0 spiro atoms. The molecular weight excluding hydrogens is 202 g/mol. The molecule has 94 valence electrons. The van der Waals surface area contributed by atoms with E-state index in [2.05, 4.69) is 24.1 Å². The van der Waals surface area contributed by atoms with E-state index in [1.54, 1.807) is 0 Å². The van der Waals surface area contributed by atoms with E-state index >= 15 is 0 Å². The molecule has 0 saturated carbocycles. The number of carbonyl (C=O) groups is 1. The number of likely N-dealkylation sites (tertiary alicyclic amines) is 1. The predicted octanol–water partition coefficient (Wildman–Crippen LogP) is 0.572. The molecule has 2 unspecified atom stereocenters. The summed E-state index contributed by atoms with van der Waals surface area (Å²) >= 11 is 0. The van der Waals surface area contributed by atoms with Crippen LogP contribution in [0, 0.1) is 5.92 Å². The first-order valence-corrected chi connectivity index (χ1v) is 6.41. The first-order chi connectivity index (χ1) is 7.67. The Hall–Kier alpha value is -0.610. The van der Waals surface area contributed by atoms with Crippen molar-refractivity contribution in [3.63, 3.8) is 0 Å². The first kappa shape index (κ1) is 13.5. The zero-order valence-corrected chi connectivity index (χ0v) is 10.5. The van der Waals surface area contributed by atoms with Crippen LogP contribution in [-0.4, -0.2) is 43.0 Å². The molecule has 2 atom stereocenters. The van der Waals surface area contributed by atoms with Gasteiger partial charge in [-0.2, -0.15) is 0 Å². The number of primary amides is 1. The summed E-state index contributed by atoms with van der Waals surface area (Å²) in [6.07, 6.45) is 3.47. The minimum atomic E-state index is -0.213. The smallest absolute Gasteiger partial charge is 0.231 e. The molecule has 1 saturated heterocycles. The highest BCUT2D eigenvalue weighted by atomic mass is 16.1. The third-order valence-electron chi connectivity index (χ3n) is 3.38. The van der Waals surface area contributed by atoms with Crippen molar-refractivity contribution in [2.75, 3.05) is 26.2 Å². The van der Waals surface area contributed by atoms with Gasteiger partial charge in [0, 0.05) is 19.1 Å². The summed E-state index contributed by atoms with van der Waals surface area (Å²) < 4.78 is 0. The van der Waals surface area contributed by atoms with Crippen LogP contribution in [0.2, 0.25) is 0 Å². The Bertz CT molecular complexity index is 220. The average Bonchev–Trinajstić information content (AvgIpc) is 2.26. The molecule has 0 aromatic heterocycles. The topological polar surface area (TPSA) is 58.4 Å². The molecule has 1 fully saturated rings. The van der Waals surface area contributed by atoms with E-state index in [4.69, 9.17) is 5.73 Å². The van der Waals surface area contributed by atoms with Crippen molar-refractivity contribution in [2.24, 2.45) is 11.7 Å². The minimum Gasteiger partial charge on any atom is -0.369 e. The van der Waals surface area contributed by atoms with Crippen molar-refractivity contribution >= 4 is 5.91 Å². The van der Waals surface area contributed by atoms with Crippen molar-refractivity contribution in [1.82, 2.24) is 10.2 Å². The highest BCUT2D eigenvalue weighted by Crippen LogP contribution is 2.19. The zero-order valence-electron chi connectivity index (χ0n) is 10.5. The van der Waals surface area contributed by atoms with Gasteiger partial charge in [0.05, 0.1) is 6.54 Å². The predicted molar refractivity (Wildman–Crippen MR) is 66.1 cm³/mol. The van der Waals surface area contributed by atoms with Crippen molar-refractivity contribution < 1.29 is 4.79 Å². The molecule has 1 aliphatic heterocycles. The lowest BCUT2D eigenvalue weighted by atomic mass is 9.90. The van der Waals surface area contributed by atoms with Crippen LogP contribution in [-0.2, 0) is 4.79 Å². The Labute approximate surface area is 98.6 Å². The number of nitrogens with zero attached hydrogens (tertiary/aromatic N) is 1. The van der Waals surface area contributed by atoms with Gasteiger partial charge in [0.2, 0.25) is 5.91 Å². The van der Waals surface area contributed by atoms with Gasteiger partial charge >= 0.3 is 0 Å². The number of amides is 1. The Kier molecular flexibility index (Phi) is 5.77. The summed E-state index contributed by atoms with van der Waals surface area (Å²) in [6, 6.07) is 0.620. The number of hydrogen-bond donors (Lipinski definition) is 2. The third kappa shape index (κ3) is 4.10. The lowest BCUT2D eigenvalue weighted by molar-refractivity contribution is -0.119. The molecule has 16 heavy (non-hydrogen) atoms. The summed E-state index contributed by atoms with van der Waals surface area (Å²) in [5, 5.41) is 3.60. The molecule has 0 radical (unpaired) electrons. The standard InChI is InChI=1S/C12H25N3O/c1-3-6-14-11-5-7-15(9-12(13)16)8-10(11)4-2/h10-11,14H,3-9H2,1-2H3,(H2,13,16). The Morgan fingerprint density at radius 1 is 1.50 bits per heavy atom. The van der Waals surface area contributed by atoms with Crippen LogP contribution in [0.5, 0.6) is 0 Å². The highest BCUT2D eigenvalue weighted by molar-refractivity contribution is 5.75. The number of hydrogen-bond acceptors (Lipinski definition) is 3. The van der Waals surface area contributed by atoms with Crippen LogP contribution in [0.15, 0.2) is 0 Å². The molecule has 1 heterocycles. The lowest BCUT2D eigenvalue weighted by Gasteiger charge is -2.38. The van der Waals surface area contributed by atoms with E-state index < -0.39 is 0 Å². The van der Waals surface area contributed by atoms with Crippen molar-refractivity contribution in [1.29, 1.82) is 0 Å². The second-order valence-electron chi connectivity index (χ2n) is 4.72. The van der Waals surface area contributed by atoms with E-state index in [1.165, 1.54) is 6.42 Å². The van der Waals surface area contributed by atoms with Crippen LogP contribution in [0.3, 0.4) is 0 Å². The highest BCUT2D eigenvalue weighted by Gasteiger charge is 2.27. The van der Waals surface area contributed by atoms with Crippen LogP contribution in [0.25, 0.3) is 0 Å². The van der Waals surface area contributed by atoms with Gasteiger partial charge in [-0.3, -0.25) is 9.69 Å². The van der Waals surface area contributed by atoms with E-state index in [1.807, 2.05) is 0 Å². The van der Waals surface area contributed by atoms with Crippen molar-refractivity contribution in [2.45, 2.75) is 39.2 Å². The molecule has 0 aromatic carbocycles. The molecule has 1 amide bonds. The second-order valence-corrected chi connectivity index (χ2v) is 4.72. The van der Waals surface area contributed by atoms with E-state index in [9.17, 15) is 4.79 Å². The van der Waals surface area contributed by atoms with Gasteiger partial charge in [-0.1, -0.05) is 20.3 Å². The molecule has 0 bridgehead atoms. The van der Waals surface area contributed by atoms with Gasteiger partial charge in [-0.15, -0.1) is 0 Å². The molecule has 0 aromatic rings. The summed E-state index contributed by atoms with van der Waals surface area (Å²) in [6.45, 7) is 7.91. The maximum atomic E-state index is 10.9. The Morgan fingerprint density at radius 3 is 2.81 bits per heavy atom. The van der Waals surface area contributed by atoms with Gasteiger partial charge in [-0.05, 0) is 25.3 Å². The normalized spacial score (nSPS) is 26.9. The monoisotopic (exact) mass is 227 g/mol. The fraction of sp³-hybridized carbons (Fsp3) is 0.917. The SMILES string of the molecule is CCCNC1CCN(CC(N)=O)CC1CC. The zero-order chi connectivity index (χ0) is 12.0. The van der Waals surface area contributed by atoms with E-state index in [0.717, 1.165) is 32.5 Å². The van der Waals surface area contributed by atoms with Crippen molar-refractivity contribution in [3.05, 3.63) is 0 Å². The van der Waals surface area contributed by atoms with Gasteiger partial charge < -0.3 is 11.1 Å². The average molecular weight is 227 g/mol. The molecule has 1 rings (SSSR count). The van der Waals surface area contributed by atoms with Crippen LogP contribution in [0.1, 0.15) is 33.1 Å². The number of rotatable bonds is 6. The van der Waals surface area contributed by atoms with Crippen LogP contribution >= 0.6 is 0 Å². The largest absolute Gasteiger partial charge is 0.369 e. The van der Waals surface area contributed by atoms with Gasteiger partial charge in [0.25, 0.3) is 0 Å². The maximum absolute atomic E-state index is 10.9. The van der Waals surface area contributed by atoms with Gasteiger partial charge in [0.15, 0.2) is 0 Å². The number of nitrogens with two attached hydrogens (primary N) is 1. The van der Waals surface area contributed by atoms with Crippen molar-refractivity contribution in [3.8, 4) is 0 Å². The molecule has 4 nitrogen and oxygen atoms in total. The van der Waals surface area contributed by atoms with E-state index in [0.29, 0.717) is 18.5 Å². The fourth-order valence-corrected chi connectivity index (χ4v) is 2.48. The summed E-state index contributed by atoms with van der Waals surface area (Å²) in [5.41, 5.74) is 5.23. The van der Waals surface area contributed by atoms with Gasteiger partial charge in [0.1, 0.15) is 0 Å². The Balaban J connectivity index is 2.40. The lowest BCUT2D eigenvalue weighted by Crippen LogP contribution is -2.51. The number of piperidine rings is 1.